The van der Waals surface area contributed by atoms with Gasteiger partial charge in [-0.3, -0.25) is 4.90 Å². The fraction of sp³-hybridized carbons (Fsp3) is 0.647. The maximum absolute atomic E-state index is 5.64. The van der Waals surface area contributed by atoms with Crippen molar-refractivity contribution in [2.24, 2.45) is 0 Å². The first-order valence-electron chi connectivity index (χ1n) is 7.86. The van der Waals surface area contributed by atoms with E-state index in [1.807, 2.05) is 0 Å². The molecule has 0 aromatic heterocycles. The molecule has 2 aliphatic heterocycles. The lowest BCUT2D eigenvalue weighted by molar-refractivity contribution is 0.218. The minimum atomic E-state index is 1.05. The zero-order chi connectivity index (χ0) is 13.9. The summed E-state index contributed by atoms with van der Waals surface area (Å²) in [5.74, 6) is 1.07. The lowest BCUT2D eigenvalue weighted by Crippen LogP contribution is -2.30. The van der Waals surface area contributed by atoms with Crippen LogP contribution in [0.1, 0.15) is 36.0 Å². The average molecular weight is 274 g/mol. The third-order valence-corrected chi connectivity index (χ3v) is 4.65. The highest BCUT2D eigenvalue weighted by atomic mass is 16.5. The maximum Gasteiger partial charge on any atom is 0.123 e. The minimum Gasteiger partial charge on any atom is -0.496 e. The molecule has 20 heavy (non-hydrogen) atoms. The van der Waals surface area contributed by atoms with E-state index in [0.29, 0.717) is 0 Å². The van der Waals surface area contributed by atoms with Gasteiger partial charge in [0.05, 0.1) is 7.11 Å². The van der Waals surface area contributed by atoms with Crippen LogP contribution in [0, 0.1) is 0 Å². The average Bonchev–Trinajstić information content (AvgIpc) is 2.48. The summed E-state index contributed by atoms with van der Waals surface area (Å²) in [5.41, 5.74) is 4.34. The van der Waals surface area contributed by atoms with Gasteiger partial charge >= 0.3 is 0 Å². The first kappa shape index (κ1) is 13.9. The van der Waals surface area contributed by atoms with Gasteiger partial charge in [0.15, 0.2) is 0 Å². The fourth-order valence-electron chi connectivity index (χ4n) is 3.45. The van der Waals surface area contributed by atoms with Crippen molar-refractivity contribution in [3.63, 3.8) is 0 Å². The van der Waals surface area contributed by atoms with Gasteiger partial charge in [0, 0.05) is 25.2 Å². The number of likely N-dealkylation sites (N-methyl/N-ethyl adjacent to an activating group) is 1. The van der Waals surface area contributed by atoms with Crippen LogP contribution in [-0.4, -0.2) is 43.6 Å². The molecule has 3 nitrogen and oxygen atoms in total. The second-order valence-electron chi connectivity index (χ2n) is 6.26. The van der Waals surface area contributed by atoms with E-state index in [9.17, 15) is 0 Å². The van der Waals surface area contributed by atoms with Gasteiger partial charge in [-0.15, -0.1) is 0 Å². The predicted octanol–water partition coefficient (Wildman–Crippen LogP) is 2.67. The number of methoxy groups -OCH3 is 1. The topological polar surface area (TPSA) is 15.7 Å². The predicted molar refractivity (Wildman–Crippen MR) is 82.2 cm³/mol. The van der Waals surface area contributed by atoms with Gasteiger partial charge in [-0.05, 0) is 56.6 Å². The Kier molecular flexibility index (Phi) is 4.27. The highest BCUT2D eigenvalue weighted by Crippen LogP contribution is 2.29. The van der Waals surface area contributed by atoms with Crippen molar-refractivity contribution in [1.82, 2.24) is 9.80 Å². The standard InChI is InChI=1S/C17H26N2O/c1-18-9-6-14-10-16(13-19-7-4-3-5-8-19)17(20-2)11-15(14)12-18/h10-11H,3-9,12-13H2,1-2H3. The van der Waals surface area contributed by atoms with Gasteiger partial charge in [0.2, 0.25) is 0 Å². The van der Waals surface area contributed by atoms with Crippen LogP contribution in [0.15, 0.2) is 12.1 Å². The van der Waals surface area contributed by atoms with Crippen molar-refractivity contribution in [3.8, 4) is 5.75 Å². The van der Waals surface area contributed by atoms with E-state index in [4.69, 9.17) is 4.74 Å². The van der Waals surface area contributed by atoms with Gasteiger partial charge in [-0.1, -0.05) is 12.5 Å². The van der Waals surface area contributed by atoms with E-state index in [1.165, 1.54) is 62.0 Å². The summed E-state index contributed by atoms with van der Waals surface area (Å²) in [7, 11) is 3.99. The molecule has 0 unspecified atom stereocenters. The number of nitrogens with zero attached hydrogens (tertiary/aromatic N) is 2. The van der Waals surface area contributed by atoms with Crippen LogP contribution in [0.2, 0.25) is 0 Å². The second kappa shape index (κ2) is 6.15. The van der Waals surface area contributed by atoms with E-state index in [-0.39, 0.29) is 0 Å². The molecule has 1 aromatic rings. The molecule has 0 bridgehead atoms. The molecule has 1 aromatic carbocycles. The molecule has 3 heteroatoms. The van der Waals surface area contributed by atoms with Gasteiger partial charge < -0.3 is 9.64 Å². The first-order chi connectivity index (χ1) is 9.76. The number of hydrogen-bond acceptors (Lipinski definition) is 3. The van der Waals surface area contributed by atoms with E-state index >= 15 is 0 Å². The zero-order valence-electron chi connectivity index (χ0n) is 12.8. The van der Waals surface area contributed by atoms with Crippen LogP contribution >= 0.6 is 0 Å². The molecule has 0 spiro atoms. The molecule has 110 valence electrons. The maximum atomic E-state index is 5.64. The summed E-state index contributed by atoms with van der Waals surface area (Å²) in [5, 5.41) is 0. The fourth-order valence-corrected chi connectivity index (χ4v) is 3.45. The van der Waals surface area contributed by atoms with Crippen molar-refractivity contribution in [2.75, 3.05) is 33.8 Å². The van der Waals surface area contributed by atoms with Crippen LogP contribution in [0.3, 0.4) is 0 Å². The van der Waals surface area contributed by atoms with Gasteiger partial charge in [0.1, 0.15) is 5.75 Å². The quantitative estimate of drug-likeness (QED) is 0.843. The lowest BCUT2D eigenvalue weighted by atomic mass is 9.96. The number of likely N-dealkylation sites (tertiary alicyclic amines) is 1. The Labute approximate surface area is 122 Å². The molecular formula is C17H26N2O. The number of hydrogen-bond donors (Lipinski definition) is 0. The summed E-state index contributed by atoms with van der Waals surface area (Å²) >= 11 is 0. The smallest absolute Gasteiger partial charge is 0.123 e. The van der Waals surface area contributed by atoms with Crippen LogP contribution < -0.4 is 4.74 Å². The molecular weight excluding hydrogens is 248 g/mol. The molecule has 0 radical (unpaired) electrons. The zero-order valence-corrected chi connectivity index (χ0v) is 12.8. The molecule has 0 N–H and O–H groups in total. The molecule has 1 fully saturated rings. The number of ether oxygens (including phenoxy) is 1. The molecule has 2 aliphatic rings. The molecule has 0 atom stereocenters. The minimum absolute atomic E-state index is 1.05. The van der Waals surface area contributed by atoms with Gasteiger partial charge in [0.25, 0.3) is 0 Å². The third-order valence-electron chi connectivity index (χ3n) is 4.65. The van der Waals surface area contributed by atoms with Gasteiger partial charge in [-0.2, -0.15) is 0 Å². The van der Waals surface area contributed by atoms with E-state index in [1.54, 1.807) is 7.11 Å². The van der Waals surface area contributed by atoms with Crippen molar-refractivity contribution >= 4 is 0 Å². The Hall–Kier alpha value is -1.06. The number of rotatable bonds is 3. The summed E-state index contributed by atoms with van der Waals surface area (Å²) in [4.78, 5) is 4.95. The molecule has 0 saturated carbocycles. The molecule has 0 amide bonds. The largest absolute Gasteiger partial charge is 0.496 e. The summed E-state index contributed by atoms with van der Waals surface area (Å²) in [6.07, 6.45) is 5.25. The van der Waals surface area contributed by atoms with E-state index in [2.05, 4.69) is 29.0 Å². The highest BCUT2D eigenvalue weighted by Gasteiger charge is 2.18. The third kappa shape index (κ3) is 2.99. The Bertz CT molecular complexity index is 466. The first-order valence-corrected chi connectivity index (χ1v) is 7.86. The normalized spacial score (nSPS) is 20.7. The second-order valence-corrected chi connectivity index (χ2v) is 6.26. The molecule has 2 heterocycles. The van der Waals surface area contributed by atoms with Crippen LogP contribution in [0.25, 0.3) is 0 Å². The van der Waals surface area contributed by atoms with Gasteiger partial charge in [-0.25, -0.2) is 0 Å². The molecule has 3 rings (SSSR count). The summed E-state index contributed by atoms with van der Waals surface area (Å²) in [6.45, 7) is 5.75. The Morgan fingerprint density at radius 3 is 2.60 bits per heavy atom. The molecule has 0 aliphatic carbocycles. The van der Waals surface area contributed by atoms with E-state index in [0.717, 1.165) is 18.8 Å². The summed E-state index contributed by atoms with van der Waals surface area (Å²) < 4.78 is 5.64. The van der Waals surface area contributed by atoms with Crippen molar-refractivity contribution in [1.29, 1.82) is 0 Å². The van der Waals surface area contributed by atoms with Crippen molar-refractivity contribution in [2.45, 2.75) is 38.8 Å². The highest BCUT2D eigenvalue weighted by molar-refractivity contribution is 5.44. The van der Waals surface area contributed by atoms with Crippen molar-refractivity contribution in [3.05, 3.63) is 28.8 Å². The Morgan fingerprint density at radius 2 is 1.85 bits per heavy atom. The Balaban J connectivity index is 1.82. The number of piperidine rings is 1. The Morgan fingerprint density at radius 1 is 1.05 bits per heavy atom. The van der Waals surface area contributed by atoms with Crippen LogP contribution in [-0.2, 0) is 19.5 Å². The summed E-state index contributed by atoms with van der Waals surface area (Å²) in [6, 6.07) is 4.67. The number of benzene rings is 1. The number of fused-ring (bicyclic) bond motifs is 1. The van der Waals surface area contributed by atoms with Crippen molar-refractivity contribution < 1.29 is 4.74 Å². The SMILES string of the molecule is COc1cc2c(cc1CN1CCCCC1)CCN(C)C2. The lowest BCUT2D eigenvalue weighted by Gasteiger charge is -2.29. The monoisotopic (exact) mass is 274 g/mol. The molecule has 1 saturated heterocycles. The van der Waals surface area contributed by atoms with Crippen LogP contribution in [0.5, 0.6) is 5.75 Å². The van der Waals surface area contributed by atoms with Crippen LogP contribution in [0.4, 0.5) is 0 Å². The van der Waals surface area contributed by atoms with E-state index < -0.39 is 0 Å².